The number of benzene rings is 2. The summed E-state index contributed by atoms with van der Waals surface area (Å²) in [5.41, 5.74) is 1.83. The molecule has 2 aromatic carbocycles. The zero-order chi connectivity index (χ0) is 26.7. The summed E-state index contributed by atoms with van der Waals surface area (Å²) in [4.78, 5) is 29.7. The van der Waals surface area contributed by atoms with Crippen LogP contribution in [0.5, 0.6) is 0 Å². The summed E-state index contributed by atoms with van der Waals surface area (Å²) in [6, 6.07) is 15.2. The van der Waals surface area contributed by atoms with E-state index in [-0.39, 0.29) is 18.4 Å². The number of rotatable bonds is 10. The van der Waals surface area contributed by atoms with Crippen LogP contribution in [0.2, 0.25) is 0 Å². The van der Waals surface area contributed by atoms with Crippen molar-refractivity contribution < 1.29 is 19.8 Å². The Hall–Kier alpha value is -3.82. The second kappa shape index (κ2) is 10.9. The molecule has 9 heteroatoms. The molecule has 38 heavy (non-hydrogen) atoms. The molecule has 0 spiro atoms. The maximum atomic E-state index is 13.9. The van der Waals surface area contributed by atoms with Gasteiger partial charge < -0.3 is 20.0 Å². The standard InChI is InChI=1S/C29H33N5O4/c1-21(8-5-6-15-32-20-23(14-17-35)30-31-32)29(38)25-18-24(33-16-7-11-27(33)36)12-13-26(25)34(28(29)37)19-22-9-3-2-4-10-22/h2-5,8-10,12-13,18,20-21,35,38H,6-7,11,14-17,19H2,1H3/b8-5+/t21-,29+/m1/s1. The van der Waals surface area contributed by atoms with Crippen molar-refractivity contribution in [3.8, 4) is 0 Å². The maximum absolute atomic E-state index is 13.9. The molecule has 198 valence electrons. The molecule has 1 aromatic heterocycles. The minimum Gasteiger partial charge on any atom is -0.396 e. The van der Waals surface area contributed by atoms with Crippen LogP contribution in [0.15, 0.2) is 66.9 Å². The van der Waals surface area contributed by atoms with Crippen LogP contribution in [0.1, 0.15) is 43.0 Å². The van der Waals surface area contributed by atoms with Crippen LogP contribution in [0.25, 0.3) is 0 Å². The Morgan fingerprint density at radius 2 is 1.97 bits per heavy atom. The highest BCUT2D eigenvalue weighted by molar-refractivity contribution is 6.08. The lowest BCUT2D eigenvalue weighted by atomic mass is 9.82. The fourth-order valence-electron chi connectivity index (χ4n) is 5.27. The first-order valence-electron chi connectivity index (χ1n) is 13.1. The van der Waals surface area contributed by atoms with Gasteiger partial charge in [-0.3, -0.25) is 14.3 Å². The van der Waals surface area contributed by atoms with Crippen molar-refractivity contribution in [2.75, 3.05) is 23.0 Å². The zero-order valence-electron chi connectivity index (χ0n) is 21.5. The summed E-state index contributed by atoms with van der Waals surface area (Å²) < 4.78 is 1.71. The van der Waals surface area contributed by atoms with E-state index >= 15 is 0 Å². The lowest BCUT2D eigenvalue weighted by Crippen LogP contribution is -2.44. The van der Waals surface area contributed by atoms with Crippen molar-refractivity contribution in [1.29, 1.82) is 0 Å². The van der Waals surface area contributed by atoms with Gasteiger partial charge in [-0.1, -0.05) is 54.6 Å². The Kier molecular flexibility index (Phi) is 7.40. The van der Waals surface area contributed by atoms with E-state index in [9.17, 15) is 14.7 Å². The first-order chi connectivity index (χ1) is 18.4. The number of nitrogens with zero attached hydrogens (tertiary/aromatic N) is 5. The second-order valence-corrected chi connectivity index (χ2v) is 9.95. The first kappa shape index (κ1) is 25.8. The van der Waals surface area contributed by atoms with Crippen molar-refractivity contribution in [2.45, 2.75) is 51.3 Å². The Labute approximate surface area is 222 Å². The predicted octanol–water partition coefficient (Wildman–Crippen LogP) is 2.96. The zero-order valence-corrected chi connectivity index (χ0v) is 21.5. The van der Waals surface area contributed by atoms with E-state index in [0.29, 0.717) is 55.8 Å². The highest BCUT2D eigenvalue weighted by Gasteiger charge is 2.52. The fraction of sp³-hybridized carbons (Fsp3) is 0.379. The number of allylic oxidation sites excluding steroid dienone is 1. The van der Waals surface area contributed by atoms with E-state index in [2.05, 4.69) is 10.3 Å². The van der Waals surface area contributed by atoms with Gasteiger partial charge in [0.15, 0.2) is 5.60 Å². The quantitative estimate of drug-likeness (QED) is 0.402. The number of amides is 2. The number of aryl methyl sites for hydroxylation is 1. The number of aliphatic hydroxyl groups is 2. The van der Waals surface area contributed by atoms with Crippen molar-refractivity contribution in [3.63, 3.8) is 0 Å². The smallest absolute Gasteiger partial charge is 0.264 e. The number of anilines is 2. The predicted molar refractivity (Wildman–Crippen MR) is 143 cm³/mol. The number of carbonyl (C=O) groups is 2. The van der Waals surface area contributed by atoms with Crippen LogP contribution in [0, 0.1) is 5.92 Å². The summed E-state index contributed by atoms with van der Waals surface area (Å²) >= 11 is 0. The third-order valence-corrected chi connectivity index (χ3v) is 7.38. The molecule has 1 saturated heterocycles. The normalized spacial score (nSPS) is 20.1. The Bertz CT molecular complexity index is 1340. The van der Waals surface area contributed by atoms with E-state index in [1.54, 1.807) is 20.7 Å². The van der Waals surface area contributed by atoms with Gasteiger partial charge in [-0.25, -0.2) is 0 Å². The van der Waals surface area contributed by atoms with Crippen LogP contribution in [-0.4, -0.2) is 50.2 Å². The van der Waals surface area contributed by atoms with Gasteiger partial charge in [-0.2, -0.15) is 0 Å². The van der Waals surface area contributed by atoms with Crippen molar-refractivity contribution in [1.82, 2.24) is 15.0 Å². The van der Waals surface area contributed by atoms with Gasteiger partial charge in [0.2, 0.25) is 5.91 Å². The van der Waals surface area contributed by atoms with E-state index < -0.39 is 11.5 Å². The van der Waals surface area contributed by atoms with E-state index in [0.717, 1.165) is 17.7 Å². The van der Waals surface area contributed by atoms with E-state index in [4.69, 9.17) is 5.11 Å². The molecule has 9 nitrogen and oxygen atoms in total. The Morgan fingerprint density at radius 3 is 2.71 bits per heavy atom. The van der Waals surface area contributed by atoms with E-state index in [1.165, 1.54) is 0 Å². The molecule has 2 N–H and O–H groups in total. The summed E-state index contributed by atoms with van der Waals surface area (Å²) in [5, 5.41) is 29.2. The number of hydrogen-bond donors (Lipinski definition) is 2. The highest BCUT2D eigenvalue weighted by atomic mass is 16.3. The Balaban J connectivity index is 1.40. The van der Waals surface area contributed by atoms with Gasteiger partial charge >= 0.3 is 0 Å². The average molecular weight is 516 g/mol. The van der Waals surface area contributed by atoms with Crippen LogP contribution in [-0.2, 0) is 34.7 Å². The third kappa shape index (κ3) is 4.87. The highest BCUT2D eigenvalue weighted by Crippen LogP contribution is 2.47. The number of aliphatic hydroxyl groups excluding tert-OH is 1. The molecule has 3 aromatic rings. The van der Waals surface area contributed by atoms with Gasteiger partial charge in [0.05, 0.1) is 17.9 Å². The lowest BCUT2D eigenvalue weighted by Gasteiger charge is -2.28. The Morgan fingerprint density at radius 1 is 1.16 bits per heavy atom. The van der Waals surface area contributed by atoms with E-state index in [1.807, 2.05) is 67.6 Å². The van der Waals surface area contributed by atoms with Crippen molar-refractivity contribution in [2.24, 2.45) is 5.92 Å². The molecule has 2 amide bonds. The molecule has 0 bridgehead atoms. The van der Waals surface area contributed by atoms with Gasteiger partial charge in [0.1, 0.15) is 0 Å². The number of aromatic nitrogens is 3. The van der Waals surface area contributed by atoms with Gasteiger partial charge in [-0.15, -0.1) is 5.10 Å². The topological polar surface area (TPSA) is 112 Å². The largest absolute Gasteiger partial charge is 0.396 e. The number of fused-ring (bicyclic) bond motifs is 1. The van der Waals surface area contributed by atoms with Gasteiger partial charge in [0.25, 0.3) is 5.91 Å². The van der Waals surface area contributed by atoms with Gasteiger partial charge in [0, 0.05) is 55.9 Å². The molecule has 2 aliphatic heterocycles. The molecule has 0 saturated carbocycles. The fourth-order valence-corrected chi connectivity index (χ4v) is 5.27. The molecule has 3 heterocycles. The molecule has 2 aliphatic rings. The van der Waals surface area contributed by atoms with Crippen LogP contribution < -0.4 is 9.80 Å². The first-order valence-corrected chi connectivity index (χ1v) is 13.1. The number of carbonyl (C=O) groups excluding carboxylic acids is 2. The SMILES string of the molecule is C[C@H](/C=C/CCn1cc(CCO)nn1)[C@@]1(O)C(=O)N(Cc2ccccc2)c2ccc(N3CCCC3=O)cc21. The van der Waals surface area contributed by atoms with Crippen LogP contribution in [0.4, 0.5) is 11.4 Å². The molecule has 0 unspecified atom stereocenters. The molecule has 5 rings (SSSR count). The molecule has 0 aliphatic carbocycles. The maximum Gasteiger partial charge on any atom is 0.264 e. The molecular weight excluding hydrogens is 482 g/mol. The summed E-state index contributed by atoms with van der Waals surface area (Å²) in [5.74, 6) is -0.828. The molecular formula is C29H33N5O4. The van der Waals surface area contributed by atoms with Crippen LogP contribution >= 0.6 is 0 Å². The van der Waals surface area contributed by atoms with Crippen molar-refractivity contribution in [3.05, 3.63) is 83.7 Å². The minimum atomic E-state index is -1.76. The molecule has 1 fully saturated rings. The second-order valence-electron chi connectivity index (χ2n) is 9.95. The summed E-state index contributed by atoms with van der Waals surface area (Å²) in [7, 11) is 0. The molecule has 2 atom stereocenters. The monoisotopic (exact) mass is 515 g/mol. The van der Waals surface area contributed by atoms with Gasteiger partial charge in [-0.05, 0) is 36.6 Å². The van der Waals surface area contributed by atoms with Crippen molar-refractivity contribution >= 4 is 23.2 Å². The lowest BCUT2D eigenvalue weighted by molar-refractivity contribution is -0.139. The molecule has 0 radical (unpaired) electrons. The number of hydrogen-bond acceptors (Lipinski definition) is 6. The average Bonchev–Trinajstić information content (AvgIpc) is 3.62. The summed E-state index contributed by atoms with van der Waals surface area (Å²) in [6.07, 6.45) is 8.02. The summed E-state index contributed by atoms with van der Waals surface area (Å²) in [6.45, 7) is 3.43. The van der Waals surface area contributed by atoms with Crippen LogP contribution in [0.3, 0.4) is 0 Å². The third-order valence-electron chi connectivity index (χ3n) is 7.38. The minimum absolute atomic E-state index is 0.0269.